The van der Waals surface area contributed by atoms with Crippen molar-refractivity contribution < 1.29 is 0 Å². The number of hydrazone groups is 1. The van der Waals surface area contributed by atoms with Crippen LogP contribution < -0.4 is 5.84 Å². The van der Waals surface area contributed by atoms with Crippen LogP contribution in [0.2, 0.25) is 0 Å². The van der Waals surface area contributed by atoms with E-state index in [4.69, 9.17) is 5.41 Å². The number of nitrogens with zero attached hydrogens (tertiary/aromatic N) is 1. The zero-order valence-corrected chi connectivity index (χ0v) is 6.17. The zero-order valence-electron chi connectivity index (χ0n) is 6.17. The van der Waals surface area contributed by atoms with Crippen LogP contribution in [0.25, 0.3) is 0 Å². The Hall–Kier alpha value is -1.38. The van der Waals surface area contributed by atoms with Crippen LogP contribution in [0.1, 0.15) is 6.92 Å². The highest BCUT2D eigenvalue weighted by Crippen LogP contribution is 1.81. The molecule has 0 atom stereocenters. The second-order valence-corrected chi connectivity index (χ2v) is 1.52. The fourth-order valence-corrected chi connectivity index (χ4v) is 0.0430. The summed E-state index contributed by atoms with van der Waals surface area (Å²) in [7, 11) is 0. The van der Waals surface area contributed by atoms with Gasteiger partial charge in [-0.25, -0.2) is 0 Å². The Balaban J connectivity index is 0. The van der Waals surface area contributed by atoms with Gasteiger partial charge in [-0.1, -0.05) is 24.8 Å². The highest BCUT2D eigenvalue weighted by atomic mass is 15.1. The fraction of sp³-hybridized carbons (Fsp3) is 0.143. The van der Waals surface area contributed by atoms with Gasteiger partial charge in [0, 0.05) is 6.21 Å². The Labute approximate surface area is 61.4 Å². The third-order valence-electron chi connectivity index (χ3n) is 0.509. The Morgan fingerprint density at radius 2 is 2.10 bits per heavy atom. The average Bonchev–Trinajstić information content (AvgIpc) is 1.91. The van der Waals surface area contributed by atoms with Crippen molar-refractivity contribution in [3.63, 3.8) is 0 Å². The first-order valence-corrected chi connectivity index (χ1v) is 2.69. The molecule has 0 aliphatic carbocycles. The van der Waals surface area contributed by atoms with E-state index in [9.17, 15) is 0 Å². The summed E-state index contributed by atoms with van der Waals surface area (Å²) in [6, 6.07) is 0. The summed E-state index contributed by atoms with van der Waals surface area (Å²) in [5.74, 6) is 4.56. The molecule has 0 radical (unpaired) electrons. The standard InChI is InChI=1S/C5H8.C2H5N3/c1-4-5(2)3;3-1-2-5-4/h4H,1-2H2,3H3;1-3H,4H2/b;3-1?,5-2-. The molecule has 3 nitrogen and oxygen atoms in total. The SMILES string of the molecule is C=CC(=C)C.N=C/C=N\N. The van der Waals surface area contributed by atoms with E-state index in [2.05, 4.69) is 24.1 Å². The van der Waals surface area contributed by atoms with Gasteiger partial charge >= 0.3 is 0 Å². The predicted molar refractivity (Wildman–Crippen MR) is 46.5 cm³/mol. The minimum absolute atomic E-state index is 1.01. The topological polar surface area (TPSA) is 62.2 Å². The Morgan fingerprint density at radius 1 is 1.70 bits per heavy atom. The maximum Gasteiger partial charge on any atom is 0.0641 e. The van der Waals surface area contributed by atoms with Gasteiger partial charge in [0.05, 0.1) is 6.21 Å². The van der Waals surface area contributed by atoms with Crippen LogP contribution >= 0.6 is 0 Å². The summed E-state index contributed by atoms with van der Waals surface area (Å²) in [4.78, 5) is 0. The second-order valence-electron chi connectivity index (χ2n) is 1.52. The number of nitrogens with two attached hydrogens (primary N) is 1. The molecule has 56 valence electrons. The lowest BCUT2D eigenvalue weighted by molar-refractivity contribution is 1.27. The molecule has 0 saturated heterocycles. The van der Waals surface area contributed by atoms with Gasteiger partial charge in [-0.2, -0.15) is 5.10 Å². The molecule has 0 aliphatic heterocycles. The monoisotopic (exact) mass is 139 g/mol. The lowest BCUT2D eigenvalue weighted by Crippen LogP contribution is -1.80. The molecule has 3 N–H and O–H groups in total. The largest absolute Gasteiger partial charge is 0.323 e. The second kappa shape index (κ2) is 10.6. The molecule has 0 rings (SSSR count). The minimum Gasteiger partial charge on any atom is -0.323 e. The van der Waals surface area contributed by atoms with Crippen molar-refractivity contribution in [1.82, 2.24) is 0 Å². The van der Waals surface area contributed by atoms with Crippen molar-refractivity contribution in [2.24, 2.45) is 10.9 Å². The van der Waals surface area contributed by atoms with E-state index in [0.29, 0.717) is 0 Å². The van der Waals surface area contributed by atoms with Gasteiger partial charge in [0.2, 0.25) is 0 Å². The molecule has 10 heavy (non-hydrogen) atoms. The van der Waals surface area contributed by atoms with Crippen molar-refractivity contribution in [1.29, 1.82) is 5.41 Å². The summed E-state index contributed by atoms with van der Waals surface area (Å²) < 4.78 is 0. The molecule has 0 aliphatic rings. The first kappa shape index (κ1) is 11.4. The molecule has 0 amide bonds. The number of allylic oxidation sites excluding steroid dienone is 2. The van der Waals surface area contributed by atoms with Gasteiger partial charge in [0.1, 0.15) is 0 Å². The van der Waals surface area contributed by atoms with Crippen molar-refractivity contribution in [2.75, 3.05) is 0 Å². The zero-order chi connectivity index (χ0) is 8.41. The van der Waals surface area contributed by atoms with Gasteiger partial charge < -0.3 is 11.3 Å². The Morgan fingerprint density at radius 3 is 2.10 bits per heavy atom. The van der Waals surface area contributed by atoms with Gasteiger partial charge in [-0.3, -0.25) is 0 Å². The molecule has 0 aromatic carbocycles. The summed E-state index contributed by atoms with van der Waals surface area (Å²) in [6.07, 6.45) is 3.93. The number of hydrogen-bond donors (Lipinski definition) is 2. The molecule has 0 heterocycles. The van der Waals surface area contributed by atoms with E-state index < -0.39 is 0 Å². The van der Waals surface area contributed by atoms with Crippen LogP contribution in [0.5, 0.6) is 0 Å². The number of rotatable bonds is 2. The van der Waals surface area contributed by atoms with Gasteiger partial charge in [-0.15, -0.1) is 0 Å². The number of hydrogen-bond acceptors (Lipinski definition) is 3. The lowest BCUT2D eigenvalue weighted by Gasteiger charge is -1.71. The molecular weight excluding hydrogens is 126 g/mol. The smallest absolute Gasteiger partial charge is 0.0641 e. The van der Waals surface area contributed by atoms with E-state index in [0.717, 1.165) is 11.8 Å². The summed E-state index contributed by atoms with van der Waals surface area (Å²) in [6.45, 7) is 8.93. The van der Waals surface area contributed by atoms with Crippen molar-refractivity contribution in [3.8, 4) is 0 Å². The summed E-state index contributed by atoms with van der Waals surface area (Å²) in [5.41, 5.74) is 1.02. The third-order valence-corrected chi connectivity index (χ3v) is 0.509. The molecule has 0 aromatic rings. The Bertz CT molecular complexity index is 136. The van der Waals surface area contributed by atoms with Gasteiger partial charge in [-0.05, 0) is 6.92 Å². The van der Waals surface area contributed by atoms with E-state index in [1.165, 1.54) is 6.21 Å². The molecule has 0 bridgehead atoms. The summed E-state index contributed by atoms with van der Waals surface area (Å²) in [5, 5.41) is 9.23. The molecule has 0 spiro atoms. The molecule has 3 heteroatoms. The highest BCUT2D eigenvalue weighted by Gasteiger charge is 1.59. The highest BCUT2D eigenvalue weighted by molar-refractivity contribution is 6.14. The van der Waals surface area contributed by atoms with Crippen LogP contribution in [0, 0.1) is 5.41 Å². The maximum absolute atomic E-state index is 6.25. The Kier molecular flexibility index (Phi) is 12.1. The third kappa shape index (κ3) is 30.5. The fourth-order valence-electron chi connectivity index (χ4n) is 0.0430. The first-order valence-electron chi connectivity index (χ1n) is 2.69. The van der Waals surface area contributed by atoms with Crippen LogP contribution in [-0.4, -0.2) is 12.4 Å². The quantitative estimate of drug-likeness (QED) is 0.258. The van der Waals surface area contributed by atoms with Crippen LogP contribution in [0.3, 0.4) is 0 Å². The van der Waals surface area contributed by atoms with Crippen LogP contribution in [-0.2, 0) is 0 Å². The predicted octanol–water partition coefficient (Wildman–Crippen LogP) is 1.33. The van der Waals surface area contributed by atoms with Gasteiger partial charge in [0.25, 0.3) is 0 Å². The van der Waals surface area contributed by atoms with E-state index in [-0.39, 0.29) is 0 Å². The summed E-state index contributed by atoms with van der Waals surface area (Å²) >= 11 is 0. The van der Waals surface area contributed by atoms with Crippen molar-refractivity contribution in [2.45, 2.75) is 6.92 Å². The van der Waals surface area contributed by atoms with Crippen LogP contribution in [0.15, 0.2) is 29.9 Å². The molecular formula is C7H13N3. The lowest BCUT2D eigenvalue weighted by atomic mass is 10.4. The molecule has 0 fully saturated rings. The van der Waals surface area contributed by atoms with E-state index in [1.54, 1.807) is 6.08 Å². The number of nitrogens with one attached hydrogen (secondary N) is 1. The van der Waals surface area contributed by atoms with E-state index >= 15 is 0 Å². The average molecular weight is 139 g/mol. The molecule has 0 saturated carbocycles. The van der Waals surface area contributed by atoms with Crippen LogP contribution in [0.4, 0.5) is 0 Å². The van der Waals surface area contributed by atoms with E-state index in [1.807, 2.05) is 6.92 Å². The maximum atomic E-state index is 6.25. The van der Waals surface area contributed by atoms with Gasteiger partial charge in [0.15, 0.2) is 0 Å². The molecule has 0 unspecified atom stereocenters. The minimum atomic E-state index is 1.01. The molecule has 0 aromatic heterocycles. The first-order chi connectivity index (χ1) is 4.68. The van der Waals surface area contributed by atoms with Crippen molar-refractivity contribution >= 4 is 12.4 Å². The normalized spacial score (nSPS) is 7.70. The van der Waals surface area contributed by atoms with Crippen molar-refractivity contribution in [3.05, 3.63) is 24.8 Å².